The molecule has 1 amide bonds. The third-order valence-corrected chi connectivity index (χ3v) is 5.27. The summed E-state index contributed by atoms with van der Waals surface area (Å²) in [5.41, 5.74) is 0.780. The number of aromatic nitrogens is 2. The lowest BCUT2D eigenvalue weighted by Gasteiger charge is -2.32. The van der Waals surface area contributed by atoms with Gasteiger partial charge in [0.15, 0.2) is 5.82 Å². The second-order valence-electron chi connectivity index (χ2n) is 7.30. The zero-order valence-corrected chi connectivity index (χ0v) is 16.6. The van der Waals surface area contributed by atoms with Gasteiger partial charge >= 0.3 is 5.97 Å². The summed E-state index contributed by atoms with van der Waals surface area (Å²) in [5, 5.41) is 4.13. The van der Waals surface area contributed by atoms with E-state index in [1.807, 2.05) is 49.1 Å². The quantitative estimate of drug-likeness (QED) is 0.708. The summed E-state index contributed by atoms with van der Waals surface area (Å²) < 4.78 is 10.9. The van der Waals surface area contributed by atoms with E-state index in [0.29, 0.717) is 18.9 Å². The molecule has 0 bridgehead atoms. The molecule has 2 aromatic rings. The van der Waals surface area contributed by atoms with Crippen molar-refractivity contribution in [3.8, 4) is 0 Å². The van der Waals surface area contributed by atoms with E-state index in [1.165, 1.54) is 6.92 Å². The molecule has 1 aliphatic heterocycles. The minimum atomic E-state index is -0.716. The molecule has 0 spiro atoms. The molecular weight excluding hydrogens is 358 g/mol. The fourth-order valence-electron chi connectivity index (χ4n) is 3.42. The van der Waals surface area contributed by atoms with Gasteiger partial charge in [0.05, 0.1) is 0 Å². The fraction of sp³-hybridized carbons (Fsp3) is 0.524. The standard InChI is InChI=1S/C21H27N3O4/c1-4-14(2)21(26)24-12-10-17(11-13-24)19-22-20(28-23-19)18(27-15(3)25)16-8-6-5-7-9-16/h5-9,14,17-18H,4,10-13H2,1-3H3/t14-,18-/m1/s1. The van der Waals surface area contributed by atoms with E-state index in [-0.39, 0.29) is 23.6 Å². The number of rotatable bonds is 6. The van der Waals surface area contributed by atoms with E-state index in [2.05, 4.69) is 10.1 Å². The Balaban J connectivity index is 1.69. The van der Waals surface area contributed by atoms with E-state index in [0.717, 1.165) is 24.8 Å². The molecule has 0 saturated carbocycles. The molecule has 1 aromatic carbocycles. The molecule has 1 fully saturated rings. The van der Waals surface area contributed by atoms with Crippen molar-refractivity contribution in [3.05, 3.63) is 47.6 Å². The molecule has 3 rings (SSSR count). The average Bonchev–Trinajstić information content (AvgIpc) is 3.21. The molecule has 0 aliphatic carbocycles. The van der Waals surface area contributed by atoms with Crippen molar-refractivity contribution in [3.63, 3.8) is 0 Å². The molecule has 1 saturated heterocycles. The second kappa shape index (κ2) is 8.99. The highest BCUT2D eigenvalue weighted by Gasteiger charge is 2.30. The maximum atomic E-state index is 12.4. The van der Waals surface area contributed by atoms with Crippen LogP contribution in [0.5, 0.6) is 0 Å². The molecular formula is C21H27N3O4. The van der Waals surface area contributed by atoms with E-state index in [4.69, 9.17) is 9.26 Å². The topological polar surface area (TPSA) is 85.5 Å². The monoisotopic (exact) mass is 385 g/mol. The Morgan fingerprint density at radius 2 is 1.93 bits per heavy atom. The van der Waals surface area contributed by atoms with Gasteiger partial charge in [-0.1, -0.05) is 49.3 Å². The first-order valence-electron chi connectivity index (χ1n) is 9.84. The van der Waals surface area contributed by atoms with Crippen LogP contribution in [-0.4, -0.2) is 40.0 Å². The van der Waals surface area contributed by atoms with E-state index in [9.17, 15) is 9.59 Å². The fourth-order valence-corrected chi connectivity index (χ4v) is 3.42. The largest absolute Gasteiger partial charge is 0.447 e. The van der Waals surface area contributed by atoms with Crippen molar-refractivity contribution in [2.45, 2.75) is 52.1 Å². The normalized spacial score (nSPS) is 17.2. The molecule has 0 unspecified atom stereocenters. The van der Waals surface area contributed by atoms with Gasteiger partial charge in [0.25, 0.3) is 5.89 Å². The minimum absolute atomic E-state index is 0.0590. The number of carbonyl (C=O) groups excluding carboxylic acids is 2. The van der Waals surface area contributed by atoms with Crippen LogP contribution in [-0.2, 0) is 14.3 Å². The summed E-state index contributed by atoms with van der Waals surface area (Å²) in [6.07, 6.45) is 1.73. The lowest BCUT2D eigenvalue weighted by molar-refractivity contribution is -0.145. The summed E-state index contributed by atoms with van der Waals surface area (Å²) in [6.45, 7) is 6.76. The third-order valence-electron chi connectivity index (χ3n) is 5.27. The SMILES string of the molecule is CC[C@@H](C)C(=O)N1CCC(c2noc([C@H](OC(C)=O)c3ccccc3)n2)CC1. The van der Waals surface area contributed by atoms with Crippen LogP contribution in [0.4, 0.5) is 0 Å². The van der Waals surface area contributed by atoms with Gasteiger partial charge in [0.2, 0.25) is 12.0 Å². The lowest BCUT2D eigenvalue weighted by Crippen LogP contribution is -2.40. The summed E-state index contributed by atoms with van der Waals surface area (Å²) in [7, 11) is 0. The predicted molar refractivity (Wildman–Crippen MR) is 102 cm³/mol. The lowest BCUT2D eigenvalue weighted by atomic mass is 9.95. The van der Waals surface area contributed by atoms with Crippen molar-refractivity contribution in [2.24, 2.45) is 5.92 Å². The van der Waals surface area contributed by atoms with Gasteiger partial charge in [-0.15, -0.1) is 0 Å². The molecule has 2 heterocycles. The highest BCUT2D eigenvalue weighted by Crippen LogP contribution is 2.30. The molecule has 0 radical (unpaired) electrons. The average molecular weight is 385 g/mol. The van der Waals surface area contributed by atoms with Crippen LogP contribution in [0.3, 0.4) is 0 Å². The first kappa shape index (κ1) is 20.0. The number of benzene rings is 1. The molecule has 28 heavy (non-hydrogen) atoms. The molecule has 7 heteroatoms. The van der Waals surface area contributed by atoms with Crippen LogP contribution in [0, 0.1) is 5.92 Å². The number of likely N-dealkylation sites (tertiary alicyclic amines) is 1. The third kappa shape index (κ3) is 4.58. The molecule has 2 atom stereocenters. The molecule has 1 aromatic heterocycles. The van der Waals surface area contributed by atoms with Gasteiger partial charge < -0.3 is 14.2 Å². The van der Waals surface area contributed by atoms with Crippen LogP contribution in [0.2, 0.25) is 0 Å². The number of hydrogen-bond donors (Lipinski definition) is 0. The zero-order chi connectivity index (χ0) is 20.1. The summed E-state index contributed by atoms with van der Waals surface area (Å²) in [5.74, 6) is 0.878. The summed E-state index contributed by atoms with van der Waals surface area (Å²) in [4.78, 5) is 30.3. The van der Waals surface area contributed by atoms with Gasteiger partial charge in [-0.05, 0) is 19.3 Å². The van der Waals surface area contributed by atoms with Crippen molar-refractivity contribution in [1.82, 2.24) is 15.0 Å². The molecule has 150 valence electrons. The number of nitrogens with zero attached hydrogens (tertiary/aromatic N) is 3. The molecule has 0 N–H and O–H groups in total. The molecule has 1 aliphatic rings. The highest BCUT2D eigenvalue weighted by atomic mass is 16.6. The van der Waals surface area contributed by atoms with Crippen LogP contribution in [0.15, 0.2) is 34.9 Å². The maximum Gasteiger partial charge on any atom is 0.303 e. The number of amides is 1. The van der Waals surface area contributed by atoms with Crippen molar-refractivity contribution in [2.75, 3.05) is 13.1 Å². The number of carbonyl (C=O) groups is 2. The van der Waals surface area contributed by atoms with Gasteiger partial charge in [0.1, 0.15) is 0 Å². The Hall–Kier alpha value is -2.70. The number of esters is 1. The number of ether oxygens (including phenoxy) is 1. The van der Waals surface area contributed by atoms with Crippen LogP contribution >= 0.6 is 0 Å². The highest BCUT2D eigenvalue weighted by molar-refractivity contribution is 5.78. The smallest absolute Gasteiger partial charge is 0.303 e. The van der Waals surface area contributed by atoms with Crippen LogP contribution in [0.25, 0.3) is 0 Å². The van der Waals surface area contributed by atoms with Gasteiger partial charge in [-0.25, -0.2) is 0 Å². The Morgan fingerprint density at radius 3 is 2.54 bits per heavy atom. The minimum Gasteiger partial charge on any atom is -0.447 e. The van der Waals surface area contributed by atoms with Crippen molar-refractivity contribution in [1.29, 1.82) is 0 Å². The Morgan fingerprint density at radius 1 is 1.25 bits per heavy atom. The zero-order valence-electron chi connectivity index (χ0n) is 16.6. The molecule has 7 nitrogen and oxygen atoms in total. The Labute approximate surface area is 165 Å². The van der Waals surface area contributed by atoms with Gasteiger partial charge in [-0.3, -0.25) is 9.59 Å². The maximum absolute atomic E-state index is 12.4. The summed E-state index contributed by atoms with van der Waals surface area (Å²) >= 11 is 0. The number of piperidine rings is 1. The van der Waals surface area contributed by atoms with E-state index >= 15 is 0 Å². The number of hydrogen-bond acceptors (Lipinski definition) is 6. The van der Waals surface area contributed by atoms with Crippen LogP contribution < -0.4 is 0 Å². The Bertz CT molecular complexity index is 797. The Kier molecular flexibility index (Phi) is 6.44. The second-order valence-corrected chi connectivity index (χ2v) is 7.30. The van der Waals surface area contributed by atoms with Gasteiger partial charge in [-0.2, -0.15) is 4.98 Å². The van der Waals surface area contributed by atoms with E-state index in [1.54, 1.807) is 0 Å². The van der Waals surface area contributed by atoms with Crippen LogP contribution in [0.1, 0.15) is 69.3 Å². The first-order valence-corrected chi connectivity index (χ1v) is 9.84. The van der Waals surface area contributed by atoms with E-state index < -0.39 is 12.1 Å². The summed E-state index contributed by atoms with van der Waals surface area (Å²) in [6, 6.07) is 9.34. The first-order chi connectivity index (χ1) is 13.5. The van der Waals surface area contributed by atoms with Crippen molar-refractivity contribution < 1.29 is 18.8 Å². The van der Waals surface area contributed by atoms with Gasteiger partial charge in [0, 0.05) is 37.4 Å². The predicted octanol–water partition coefficient (Wildman–Crippen LogP) is 3.47. The van der Waals surface area contributed by atoms with Crippen molar-refractivity contribution >= 4 is 11.9 Å².